The van der Waals surface area contributed by atoms with Crippen molar-refractivity contribution in [2.45, 2.75) is 19.6 Å². The molecule has 3 aromatic carbocycles. The Bertz CT molecular complexity index is 1210. The number of ether oxygens (including phenoxy) is 1. The van der Waals surface area contributed by atoms with Crippen molar-refractivity contribution >= 4 is 22.2 Å². The van der Waals surface area contributed by atoms with Crippen molar-refractivity contribution in [1.29, 1.82) is 0 Å². The fourth-order valence-electron chi connectivity index (χ4n) is 4.98. The predicted molar refractivity (Wildman–Crippen MR) is 115 cm³/mol. The third kappa shape index (κ3) is 2.65. The number of hydrogen-bond acceptors (Lipinski definition) is 2. The van der Waals surface area contributed by atoms with Gasteiger partial charge in [0.2, 0.25) is 0 Å². The largest absolute Gasteiger partial charge is 0.474 e. The molecule has 2 nitrogen and oxygen atoms in total. The van der Waals surface area contributed by atoms with Gasteiger partial charge in [0.25, 0.3) is 0 Å². The van der Waals surface area contributed by atoms with E-state index >= 15 is 4.39 Å². The lowest BCUT2D eigenvalue weighted by atomic mass is 9.80. The van der Waals surface area contributed by atoms with Crippen LogP contribution in [0, 0.1) is 12.8 Å². The highest BCUT2D eigenvalue weighted by Crippen LogP contribution is 2.44. The molecule has 3 aromatic rings. The average Bonchev–Trinajstić information content (AvgIpc) is 2.91. The molecule has 0 saturated carbocycles. The second kappa shape index (κ2) is 6.30. The summed E-state index contributed by atoms with van der Waals surface area (Å²) in [5.74, 6) is 0.687. The number of benzene rings is 3. The number of halogens is 1. The summed E-state index contributed by atoms with van der Waals surface area (Å²) in [6.07, 6.45) is 4.77. The minimum Gasteiger partial charge on any atom is -0.474 e. The van der Waals surface area contributed by atoms with Crippen molar-refractivity contribution in [2.24, 2.45) is 5.92 Å². The van der Waals surface area contributed by atoms with E-state index in [9.17, 15) is 0 Å². The van der Waals surface area contributed by atoms with Crippen LogP contribution in [0.5, 0.6) is 5.75 Å². The van der Waals surface area contributed by atoms with E-state index in [2.05, 4.69) is 60.4 Å². The van der Waals surface area contributed by atoms with E-state index in [1.807, 2.05) is 12.1 Å². The van der Waals surface area contributed by atoms with Crippen LogP contribution < -0.4 is 4.74 Å². The summed E-state index contributed by atoms with van der Waals surface area (Å²) in [5, 5.41) is 2.42. The van der Waals surface area contributed by atoms with Gasteiger partial charge in [-0.05, 0) is 59.0 Å². The van der Waals surface area contributed by atoms with Crippen LogP contribution in [0.4, 0.5) is 4.39 Å². The van der Waals surface area contributed by atoms with Gasteiger partial charge in [-0.1, -0.05) is 54.1 Å². The van der Waals surface area contributed by atoms with Gasteiger partial charge in [-0.15, -0.1) is 0 Å². The molecule has 0 amide bonds. The normalized spacial score (nSPS) is 23.0. The number of hydrogen-bond donors (Lipinski definition) is 0. The summed E-state index contributed by atoms with van der Waals surface area (Å²) >= 11 is 0. The summed E-state index contributed by atoms with van der Waals surface area (Å²) in [4.78, 5) is 2.34. The molecule has 1 aliphatic carbocycles. The molecule has 3 heteroatoms. The average molecular weight is 383 g/mol. The second-order valence-corrected chi connectivity index (χ2v) is 8.31. The lowest BCUT2D eigenvalue weighted by molar-refractivity contribution is 0.0193. The summed E-state index contributed by atoms with van der Waals surface area (Å²) in [6.45, 7) is 3.80. The van der Waals surface area contributed by atoms with Crippen molar-refractivity contribution in [3.8, 4) is 5.75 Å². The molecule has 3 aliphatic rings. The first-order valence-electron chi connectivity index (χ1n) is 10.3. The van der Waals surface area contributed by atoms with Gasteiger partial charge in [0, 0.05) is 18.7 Å². The molecule has 0 aromatic heterocycles. The van der Waals surface area contributed by atoms with E-state index in [4.69, 9.17) is 4.74 Å². The van der Waals surface area contributed by atoms with E-state index < -0.39 is 0 Å². The van der Waals surface area contributed by atoms with Crippen molar-refractivity contribution in [2.75, 3.05) is 13.1 Å². The third-order valence-electron chi connectivity index (χ3n) is 6.49. The van der Waals surface area contributed by atoms with Gasteiger partial charge in [-0.2, -0.15) is 0 Å². The molecule has 2 aliphatic heterocycles. The maximum absolute atomic E-state index is 15.0. The van der Waals surface area contributed by atoms with Gasteiger partial charge >= 0.3 is 0 Å². The van der Waals surface area contributed by atoms with Gasteiger partial charge in [0.15, 0.2) is 6.23 Å². The van der Waals surface area contributed by atoms with Crippen molar-refractivity contribution in [1.82, 2.24) is 4.90 Å². The minimum absolute atomic E-state index is 0.101. The maximum Gasteiger partial charge on any atom is 0.163 e. The van der Waals surface area contributed by atoms with E-state index in [1.54, 1.807) is 6.08 Å². The molecule has 6 rings (SSSR count). The summed E-state index contributed by atoms with van der Waals surface area (Å²) in [5.41, 5.74) is 5.29. The zero-order valence-corrected chi connectivity index (χ0v) is 16.4. The highest BCUT2D eigenvalue weighted by Gasteiger charge is 2.39. The van der Waals surface area contributed by atoms with E-state index in [0.717, 1.165) is 36.4 Å². The van der Waals surface area contributed by atoms with Crippen LogP contribution in [0.25, 0.3) is 22.2 Å². The molecule has 0 N–H and O–H groups in total. The minimum atomic E-state index is -0.183. The Morgan fingerprint density at radius 1 is 1.00 bits per heavy atom. The fourth-order valence-corrected chi connectivity index (χ4v) is 4.98. The van der Waals surface area contributed by atoms with E-state index in [1.165, 1.54) is 21.9 Å². The highest BCUT2D eigenvalue weighted by molar-refractivity contribution is 5.86. The predicted octanol–water partition coefficient (Wildman–Crippen LogP) is 5.75. The molecule has 144 valence electrons. The summed E-state index contributed by atoms with van der Waals surface area (Å²) in [6, 6.07) is 18.8. The SMILES string of the molecule is Cc1ccc2c(c1)C1=CCN3CCc4cc5ccccc5cc4OC3C1C=C2F. The van der Waals surface area contributed by atoms with Gasteiger partial charge in [-0.25, -0.2) is 4.39 Å². The van der Waals surface area contributed by atoms with Crippen LogP contribution in [0.2, 0.25) is 0 Å². The van der Waals surface area contributed by atoms with Crippen molar-refractivity contribution in [3.63, 3.8) is 0 Å². The standard InChI is InChI=1S/C26H22FNO/c1-16-6-7-21-22(12-16)20-9-11-28-10-8-19-13-17-4-2-3-5-18(17)14-25(19)29-26(28)23(20)15-24(21)27/h2-7,9,12-15,23,26H,8,10-11H2,1H3. The molecule has 0 spiro atoms. The van der Waals surface area contributed by atoms with Crippen molar-refractivity contribution < 1.29 is 9.13 Å². The topological polar surface area (TPSA) is 12.5 Å². The van der Waals surface area contributed by atoms with Gasteiger partial charge in [0.05, 0.1) is 5.92 Å². The molecule has 2 unspecified atom stereocenters. The molecule has 29 heavy (non-hydrogen) atoms. The second-order valence-electron chi connectivity index (χ2n) is 8.31. The molecule has 2 heterocycles. The van der Waals surface area contributed by atoms with E-state index in [0.29, 0.717) is 5.56 Å². The Morgan fingerprint density at radius 2 is 1.83 bits per heavy atom. The van der Waals surface area contributed by atoms with Crippen LogP contribution >= 0.6 is 0 Å². The van der Waals surface area contributed by atoms with E-state index in [-0.39, 0.29) is 18.0 Å². The molecule has 0 saturated heterocycles. The molecular weight excluding hydrogens is 361 g/mol. The lowest BCUT2D eigenvalue weighted by Gasteiger charge is -2.40. The monoisotopic (exact) mass is 383 g/mol. The molecule has 0 radical (unpaired) electrons. The van der Waals surface area contributed by atoms with Crippen LogP contribution in [0.3, 0.4) is 0 Å². The van der Waals surface area contributed by atoms with Gasteiger partial charge in [0.1, 0.15) is 11.6 Å². The van der Waals surface area contributed by atoms with Crippen molar-refractivity contribution in [3.05, 3.63) is 89.0 Å². The quantitative estimate of drug-likeness (QED) is 0.490. The maximum atomic E-state index is 15.0. The van der Waals surface area contributed by atoms with Crippen LogP contribution in [-0.4, -0.2) is 24.2 Å². The zero-order chi connectivity index (χ0) is 19.5. The Kier molecular flexibility index (Phi) is 3.69. The first kappa shape index (κ1) is 17.0. The molecule has 0 fully saturated rings. The number of aryl methyl sites for hydroxylation is 1. The van der Waals surface area contributed by atoms with Crippen LogP contribution in [-0.2, 0) is 6.42 Å². The summed E-state index contributed by atoms with van der Waals surface area (Å²) < 4.78 is 21.6. The number of rotatable bonds is 0. The first-order valence-corrected chi connectivity index (χ1v) is 10.3. The number of fused-ring (bicyclic) bond motifs is 7. The molecule has 2 atom stereocenters. The third-order valence-corrected chi connectivity index (χ3v) is 6.49. The fraction of sp³-hybridized carbons (Fsp3) is 0.231. The lowest BCUT2D eigenvalue weighted by Crippen LogP contribution is -2.47. The Labute approximate surface area is 169 Å². The highest BCUT2D eigenvalue weighted by atomic mass is 19.1. The summed E-state index contributed by atoms with van der Waals surface area (Å²) in [7, 11) is 0. The molecular formula is C26H22FNO. The van der Waals surface area contributed by atoms with Gasteiger partial charge in [-0.3, -0.25) is 4.90 Å². The van der Waals surface area contributed by atoms with Crippen LogP contribution in [0.1, 0.15) is 22.3 Å². The van der Waals surface area contributed by atoms with Crippen LogP contribution in [0.15, 0.2) is 66.7 Å². The first-order chi connectivity index (χ1) is 14.2. The Hall–Kier alpha value is -2.91. The zero-order valence-electron chi connectivity index (χ0n) is 16.4. The Morgan fingerprint density at radius 3 is 2.69 bits per heavy atom. The smallest absolute Gasteiger partial charge is 0.163 e. The number of nitrogens with zero attached hydrogens (tertiary/aromatic N) is 1. The molecule has 0 bridgehead atoms. The Balaban J connectivity index is 1.45. The van der Waals surface area contributed by atoms with Gasteiger partial charge < -0.3 is 4.74 Å².